The van der Waals surface area contributed by atoms with Gasteiger partial charge in [0.25, 0.3) is 0 Å². The fourth-order valence-corrected chi connectivity index (χ4v) is 2.69. The van der Waals surface area contributed by atoms with Crippen LogP contribution < -0.4 is 11.1 Å². The van der Waals surface area contributed by atoms with Crippen molar-refractivity contribution in [2.45, 2.75) is 51.2 Å². The zero-order valence-corrected chi connectivity index (χ0v) is 11.4. The van der Waals surface area contributed by atoms with E-state index in [9.17, 15) is 4.39 Å². The summed E-state index contributed by atoms with van der Waals surface area (Å²) in [5.41, 5.74) is 7.28. The van der Waals surface area contributed by atoms with Gasteiger partial charge in [0.15, 0.2) is 0 Å². The van der Waals surface area contributed by atoms with Gasteiger partial charge in [-0.2, -0.15) is 0 Å². The topological polar surface area (TPSA) is 38.0 Å². The Balaban J connectivity index is 1.92. The molecular weight excluding hydrogens is 251 g/mol. The van der Waals surface area contributed by atoms with Crippen LogP contribution in [0.5, 0.6) is 0 Å². The van der Waals surface area contributed by atoms with Crippen molar-refractivity contribution in [2.75, 3.05) is 0 Å². The molecule has 0 unspecified atom stereocenters. The second kappa shape index (κ2) is 6.00. The summed E-state index contributed by atoms with van der Waals surface area (Å²) >= 11 is 6.12. The van der Waals surface area contributed by atoms with Crippen molar-refractivity contribution in [1.82, 2.24) is 5.32 Å². The van der Waals surface area contributed by atoms with Crippen LogP contribution in [0.2, 0.25) is 5.02 Å². The van der Waals surface area contributed by atoms with E-state index in [1.807, 2.05) is 0 Å². The SMILES string of the molecule is Cc1cc(Cl)c(CNC2CCC(N)CC2)cc1F. The first-order chi connectivity index (χ1) is 8.56. The lowest BCUT2D eigenvalue weighted by Gasteiger charge is -2.27. The molecule has 1 aromatic carbocycles. The summed E-state index contributed by atoms with van der Waals surface area (Å²) in [6.07, 6.45) is 4.31. The summed E-state index contributed by atoms with van der Waals surface area (Å²) in [6.45, 7) is 2.34. The Hall–Kier alpha value is -0.640. The minimum absolute atomic E-state index is 0.193. The molecule has 1 saturated carbocycles. The van der Waals surface area contributed by atoms with Crippen LogP contribution in [-0.2, 0) is 6.54 Å². The van der Waals surface area contributed by atoms with Gasteiger partial charge in [0.2, 0.25) is 0 Å². The Morgan fingerprint density at radius 1 is 1.33 bits per heavy atom. The first kappa shape index (κ1) is 13.8. The maximum atomic E-state index is 13.5. The van der Waals surface area contributed by atoms with E-state index in [1.54, 1.807) is 13.0 Å². The molecule has 0 atom stereocenters. The fraction of sp³-hybridized carbons (Fsp3) is 0.571. The van der Waals surface area contributed by atoms with E-state index in [1.165, 1.54) is 6.07 Å². The first-order valence-corrected chi connectivity index (χ1v) is 6.87. The minimum Gasteiger partial charge on any atom is -0.328 e. The molecule has 1 aromatic rings. The van der Waals surface area contributed by atoms with Crippen LogP contribution in [0, 0.1) is 12.7 Å². The van der Waals surface area contributed by atoms with E-state index < -0.39 is 0 Å². The lowest BCUT2D eigenvalue weighted by atomic mass is 9.92. The maximum absolute atomic E-state index is 13.5. The van der Waals surface area contributed by atoms with E-state index in [0.717, 1.165) is 31.2 Å². The number of aryl methyl sites for hydroxylation is 1. The smallest absolute Gasteiger partial charge is 0.126 e. The average Bonchev–Trinajstić information content (AvgIpc) is 2.34. The molecule has 18 heavy (non-hydrogen) atoms. The van der Waals surface area contributed by atoms with Gasteiger partial charge in [-0.3, -0.25) is 0 Å². The van der Waals surface area contributed by atoms with Gasteiger partial charge in [-0.05, 0) is 55.9 Å². The molecule has 1 aliphatic rings. The Morgan fingerprint density at radius 2 is 2.00 bits per heavy atom. The second-order valence-electron chi connectivity index (χ2n) is 5.19. The number of rotatable bonds is 3. The molecule has 0 amide bonds. The zero-order valence-electron chi connectivity index (χ0n) is 10.7. The number of nitrogens with one attached hydrogen (secondary N) is 1. The van der Waals surface area contributed by atoms with Crippen LogP contribution >= 0.6 is 11.6 Å². The Bertz CT molecular complexity index is 415. The van der Waals surface area contributed by atoms with Crippen LogP contribution in [-0.4, -0.2) is 12.1 Å². The average molecular weight is 271 g/mol. The summed E-state index contributed by atoms with van der Waals surface area (Å²) in [4.78, 5) is 0. The van der Waals surface area contributed by atoms with Crippen molar-refractivity contribution < 1.29 is 4.39 Å². The monoisotopic (exact) mass is 270 g/mol. The van der Waals surface area contributed by atoms with Gasteiger partial charge in [0.05, 0.1) is 0 Å². The van der Waals surface area contributed by atoms with Gasteiger partial charge in [0.1, 0.15) is 5.82 Å². The molecule has 2 nitrogen and oxygen atoms in total. The Kier molecular flexibility index (Phi) is 4.60. The molecule has 3 N–H and O–H groups in total. The normalized spacial score (nSPS) is 24.2. The fourth-order valence-electron chi connectivity index (χ4n) is 2.40. The zero-order chi connectivity index (χ0) is 13.1. The molecule has 4 heteroatoms. The molecule has 0 radical (unpaired) electrons. The molecule has 0 aliphatic heterocycles. The van der Waals surface area contributed by atoms with Crippen molar-refractivity contribution in [2.24, 2.45) is 5.73 Å². The quantitative estimate of drug-likeness (QED) is 0.886. The van der Waals surface area contributed by atoms with Gasteiger partial charge in [-0.25, -0.2) is 4.39 Å². The predicted molar refractivity (Wildman–Crippen MR) is 73.2 cm³/mol. The molecule has 0 aromatic heterocycles. The van der Waals surface area contributed by atoms with Crippen LogP contribution in [0.25, 0.3) is 0 Å². The van der Waals surface area contributed by atoms with Crippen molar-refractivity contribution in [3.8, 4) is 0 Å². The van der Waals surface area contributed by atoms with Crippen molar-refractivity contribution in [3.63, 3.8) is 0 Å². The van der Waals surface area contributed by atoms with Crippen LogP contribution in [0.1, 0.15) is 36.8 Å². The van der Waals surface area contributed by atoms with Gasteiger partial charge >= 0.3 is 0 Å². The summed E-state index contributed by atoms with van der Waals surface area (Å²) < 4.78 is 13.5. The third-order valence-electron chi connectivity index (χ3n) is 3.68. The highest BCUT2D eigenvalue weighted by molar-refractivity contribution is 6.31. The highest BCUT2D eigenvalue weighted by atomic mass is 35.5. The highest BCUT2D eigenvalue weighted by Gasteiger charge is 2.18. The summed E-state index contributed by atoms with van der Waals surface area (Å²) in [7, 11) is 0. The predicted octanol–water partition coefficient (Wildman–Crippen LogP) is 3.15. The van der Waals surface area contributed by atoms with E-state index >= 15 is 0 Å². The van der Waals surface area contributed by atoms with Crippen molar-refractivity contribution >= 4 is 11.6 Å². The maximum Gasteiger partial charge on any atom is 0.126 e. The van der Waals surface area contributed by atoms with E-state index in [2.05, 4.69) is 5.32 Å². The Labute approximate surface area is 113 Å². The molecular formula is C14H20ClFN2. The summed E-state index contributed by atoms with van der Waals surface area (Å²) in [6, 6.07) is 4.04. The van der Waals surface area contributed by atoms with Crippen molar-refractivity contribution in [1.29, 1.82) is 0 Å². The van der Waals surface area contributed by atoms with Gasteiger partial charge in [0, 0.05) is 23.7 Å². The number of halogens is 2. The van der Waals surface area contributed by atoms with E-state index in [4.69, 9.17) is 17.3 Å². The molecule has 0 heterocycles. The van der Waals surface area contributed by atoms with Gasteiger partial charge < -0.3 is 11.1 Å². The van der Waals surface area contributed by atoms with E-state index in [0.29, 0.717) is 29.2 Å². The molecule has 0 saturated heterocycles. The standard InChI is InChI=1S/C14H20ClFN2/c1-9-6-13(15)10(7-14(9)16)8-18-12-4-2-11(17)3-5-12/h6-7,11-12,18H,2-5,8,17H2,1H3. The minimum atomic E-state index is -0.193. The first-order valence-electron chi connectivity index (χ1n) is 6.49. The summed E-state index contributed by atoms with van der Waals surface area (Å²) in [5.74, 6) is -0.193. The largest absolute Gasteiger partial charge is 0.328 e. The summed E-state index contributed by atoms with van der Waals surface area (Å²) in [5, 5.41) is 4.07. The van der Waals surface area contributed by atoms with Crippen LogP contribution in [0.3, 0.4) is 0 Å². The molecule has 100 valence electrons. The molecule has 1 fully saturated rings. The third-order valence-corrected chi connectivity index (χ3v) is 4.03. The highest BCUT2D eigenvalue weighted by Crippen LogP contribution is 2.22. The van der Waals surface area contributed by atoms with E-state index in [-0.39, 0.29) is 5.82 Å². The molecule has 2 rings (SSSR count). The van der Waals surface area contributed by atoms with Crippen LogP contribution in [0.4, 0.5) is 4.39 Å². The number of nitrogens with two attached hydrogens (primary N) is 1. The lowest BCUT2D eigenvalue weighted by Crippen LogP contribution is -2.37. The van der Waals surface area contributed by atoms with Gasteiger partial charge in [-0.15, -0.1) is 0 Å². The van der Waals surface area contributed by atoms with Crippen molar-refractivity contribution in [3.05, 3.63) is 34.1 Å². The Morgan fingerprint density at radius 3 is 2.67 bits per heavy atom. The van der Waals surface area contributed by atoms with Crippen LogP contribution in [0.15, 0.2) is 12.1 Å². The third kappa shape index (κ3) is 3.44. The molecule has 0 bridgehead atoms. The second-order valence-corrected chi connectivity index (χ2v) is 5.59. The van der Waals surface area contributed by atoms with Gasteiger partial charge in [-0.1, -0.05) is 11.6 Å². The number of benzene rings is 1. The number of hydrogen-bond donors (Lipinski definition) is 2. The molecule has 0 spiro atoms. The lowest BCUT2D eigenvalue weighted by molar-refractivity contribution is 0.341. The number of hydrogen-bond acceptors (Lipinski definition) is 2. The molecule has 1 aliphatic carbocycles.